The van der Waals surface area contributed by atoms with E-state index in [0.717, 1.165) is 30.6 Å². The van der Waals surface area contributed by atoms with Crippen LogP contribution >= 0.6 is 0 Å². The second-order valence-corrected chi connectivity index (χ2v) is 3.03. The highest BCUT2D eigenvalue weighted by Crippen LogP contribution is 2.08. The van der Waals surface area contributed by atoms with Gasteiger partial charge in [0.2, 0.25) is 0 Å². The fourth-order valence-electron chi connectivity index (χ4n) is 1.25. The molecule has 1 N–H and O–H groups in total. The molecule has 0 bridgehead atoms. The zero-order valence-corrected chi connectivity index (χ0v) is 7.93. The first-order valence-electron chi connectivity index (χ1n) is 4.59. The molecule has 1 aromatic heterocycles. The fourth-order valence-corrected chi connectivity index (χ4v) is 1.25. The molecule has 0 fully saturated rings. The van der Waals surface area contributed by atoms with Crippen molar-refractivity contribution in [1.29, 1.82) is 0 Å². The first-order valence-corrected chi connectivity index (χ1v) is 4.59. The number of unbranched alkanes of at least 4 members (excludes halogenated alkanes) is 1. The molecule has 0 aromatic carbocycles. The van der Waals surface area contributed by atoms with Crippen LogP contribution < -0.4 is 5.56 Å². The summed E-state index contributed by atoms with van der Waals surface area (Å²) in [5.74, 6) is 0.784. The number of nitrogens with one attached hydrogen (secondary N) is 1. The molecule has 0 aliphatic heterocycles. The lowest BCUT2D eigenvalue weighted by molar-refractivity contribution is 0.374. The van der Waals surface area contributed by atoms with Crippen LogP contribution in [-0.4, -0.2) is 5.16 Å². The molecule has 0 radical (unpaired) electrons. The zero-order valence-electron chi connectivity index (χ0n) is 7.93. The average Bonchev–Trinajstić information content (AvgIpc) is 2.46. The summed E-state index contributed by atoms with van der Waals surface area (Å²) in [6, 6.07) is 0. The van der Waals surface area contributed by atoms with Crippen molar-refractivity contribution in [2.75, 3.05) is 0 Å². The monoisotopic (exact) mass is 181 g/mol. The van der Waals surface area contributed by atoms with Crippen LogP contribution in [0.1, 0.15) is 31.1 Å². The number of aromatic nitrogens is 1. The summed E-state index contributed by atoms with van der Waals surface area (Å²) >= 11 is 0. The van der Waals surface area contributed by atoms with Gasteiger partial charge in [-0.3, -0.25) is 4.79 Å². The van der Waals surface area contributed by atoms with Crippen molar-refractivity contribution >= 4 is 0 Å². The van der Waals surface area contributed by atoms with Gasteiger partial charge in [-0.15, -0.1) is 6.58 Å². The van der Waals surface area contributed by atoms with Crippen molar-refractivity contribution in [3.63, 3.8) is 0 Å². The predicted molar refractivity (Wildman–Crippen MR) is 51.8 cm³/mol. The van der Waals surface area contributed by atoms with Gasteiger partial charge in [0.15, 0.2) is 0 Å². The van der Waals surface area contributed by atoms with Crippen LogP contribution in [-0.2, 0) is 12.8 Å². The Balaban J connectivity index is 2.80. The Kier molecular flexibility index (Phi) is 3.55. The third-order valence-electron chi connectivity index (χ3n) is 1.98. The van der Waals surface area contributed by atoms with Crippen LogP contribution in [0.4, 0.5) is 0 Å². The van der Waals surface area contributed by atoms with E-state index in [2.05, 4.69) is 18.7 Å². The maximum absolute atomic E-state index is 11.2. The highest BCUT2D eigenvalue weighted by molar-refractivity contribution is 5.16. The van der Waals surface area contributed by atoms with Crippen molar-refractivity contribution in [3.8, 4) is 0 Å². The van der Waals surface area contributed by atoms with Crippen molar-refractivity contribution in [1.82, 2.24) is 5.16 Å². The van der Waals surface area contributed by atoms with Crippen LogP contribution in [0.5, 0.6) is 0 Å². The third-order valence-corrected chi connectivity index (χ3v) is 1.98. The van der Waals surface area contributed by atoms with E-state index in [9.17, 15) is 4.79 Å². The highest BCUT2D eigenvalue weighted by atomic mass is 16.5. The molecule has 0 spiro atoms. The molecule has 0 amide bonds. The van der Waals surface area contributed by atoms with E-state index in [0.29, 0.717) is 6.42 Å². The summed E-state index contributed by atoms with van der Waals surface area (Å²) in [4.78, 5) is 11.2. The maximum atomic E-state index is 11.2. The van der Waals surface area contributed by atoms with Crippen molar-refractivity contribution in [2.24, 2.45) is 0 Å². The average molecular weight is 181 g/mol. The molecule has 1 aromatic rings. The Hall–Kier alpha value is -1.25. The zero-order chi connectivity index (χ0) is 9.68. The number of hydrogen-bond donors (Lipinski definition) is 1. The summed E-state index contributed by atoms with van der Waals surface area (Å²) in [7, 11) is 0. The van der Waals surface area contributed by atoms with E-state index in [-0.39, 0.29) is 5.56 Å². The van der Waals surface area contributed by atoms with Gasteiger partial charge in [-0.05, 0) is 12.8 Å². The van der Waals surface area contributed by atoms with E-state index in [1.807, 2.05) is 0 Å². The molecule has 3 heteroatoms. The Morgan fingerprint density at radius 2 is 2.38 bits per heavy atom. The number of aryl methyl sites for hydroxylation is 1. The van der Waals surface area contributed by atoms with Crippen molar-refractivity contribution < 1.29 is 4.52 Å². The number of hydrogen-bond acceptors (Lipinski definition) is 2. The molecule has 1 rings (SSSR count). The van der Waals surface area contributed by atoms with Gasteiger partial charge in [-0.2, -0.15) is 5.16 Å². The van der Waals surface area contributed by atoms with Gasteiger partial charge in [-0.25, -0.2) is 0 Å². The van der Waals surface area contributed by atoms with Gasteiger partial charge < -0.3 is 4.52 Å². The quantitative estimate of drug-likeness (QED) is 0.706. The Morgan fingerprint density at radius 1 is 1.62 bits per heavy atom. The van der Waals surface area contributed by atoms with Gasteiger partial charge in [0, 0.05) is 6.42 Å². The molecule has 0 saturated heterocycles. The van der Waals surface area contributed by atoms with Crippen molar-refractivity contribution in [2.45, 2.75) is 32.6 Å². The van der Waals surface area contributed by atoms with E-state index < -0.39 is 0 Å². The fraction of sp³-hybridized carbons (Fsp3) is 0.500. The number of allylic oxidation sites excluding steroid dienone is 1. The van der Waals surface area contributed by atoms with Crippen LogP contribution in [0.2, 0.25) is 0 Å². The highest BCUT2D eigenvalue weighted by Gasteiger charge is 2.09. The minimum Gasteiger partial charge on any atom is -0.383 e. The van der Waals surface area contributed by atoms with Crippen LogP contribution in [0.15, 0.2) is 22.0 Å². The first-order chi connectivity index (χ1) is 6.29. The largest absolute Gasteiger partial charge is 0.383 e. The SMILES string of the molecule is C=CCc1c(CCCC)o[nH]c1=O. The Morgan fingerprint density at radius 3 is 3.00 bits per heavy atom. The number of rotatable bonds is 5. The van der Waals surface area contributed by atoms with E-state index in [4.69, 9.17) is 4.52 Å². The summed E-state index contributed by atoms with van der Waals surface area (Å²) < 4.78 is 5.06. The minimum atomic E-state index is -0.119. The van der Waals surface area contributed by atoms with Gasteiger partial charge in [0.1, 0.15) is 5.76 Å². The number of aromatic amines is 1. The molecule has 1 heterocycles. The Labute approximate surface area is 77.4 Å². The Bertz CT molecular complexity index is 322. The molecule has 0 aliphatic rings. The molecule has 0 aliphatic carbocycles. The first kappa shape index (κ1) is 9.84. The lowest BCUT2D eigenvalue weighted by Crippen LogP contribution is -2.05. The van der Waals surface area contributed by atoms with Crippen LogP contribution in [0, 0.1) is 0 Å². The van der Waals surface area contributed by atoms with Crippen LogP contribution in [0.25, 0.3) is 0 Å². The summed E-state index contributed by atoms with van der Waals surface area (Å²) in [6.07, 6.45) is 5.28. The summed E-state index contributed by atoms with van der Waals surface area (Å²) in [5, 5.41) is 2.35. The molecule has 0 saturated carbocycles. The van der Waals surface area contributed by atoms with E-state index in [1.54, 1.807) is 6.08 Å². The van der Waals surface area contributed by atoms with Gasteiger partial charge in [0.25, 0.3) is 5.56 Å². The summed E-state index contributed by atoms with van der Waals surface area (Å²) in [5.41, 5.74) is 0.606. The van der Waals surface area contributed by atoms with Crippen molar-refractivity contribution in [3.05, 3.63) is 34.3 Å². The third kappa shape index (κ3) is 2.34. The molecule has 0 unspecified atom stereocenters. The predicted octanol–water partition coefficient (Wildman–Crippen LogP) is 2.04. The minimum absolute atomic E-state index is 0.119. The molecule has 13 heavy (non-hydrogen) atoms. The second-order valence-electron chi connectivity index (χ2n) is 3.03. The normalized spacial score (nSPS) is 10.2. The molecular formula is C10H15NO2. The van der Waals surface area contributed by atoms with Gasteiger partial charge in [0.05, 0.1) is 5.56 Å². The molecule has 3 nitrogen and oxygen atoms in total. The standard InChI is InChI=1S/C10H15NO2/c1-3-5-7-9-8(6-4-2)10(12)11-13-9/h4H,2-3,5-7H2,1H3,(H,11,12). The van der Waals surface area contributed by atoms with Gasteiger partial charge in [-0.1, -0.05) is 19.4 Å². The van der Waals surface area contributed by atoms with Gasteiger partial charge >= 0.3 is 0 Å². The lowest BCUT2D eigenvalue weighted by Gasteiger charge is -1.95. The van der Waals surface area contributed by atoms with E-state index in [1.165, 1.54) is 0 Å². The maximum Gasteiger partial charge on any atom is 0.283 e. The van der Waals surface area contributed by atoms with Crippen LogP contribution in [0.3, 0.4) is 0 Å². The molecule has 0 atom stereocenters. The topological polar surface area (TPSA) is 46.0 Å². The molecular weight excluding hydrogens is 166 g/mol. The smallest absolute Gasteiger partial charge is 0.283 e. The van der Waals surface area contributed by atoms with E-state index >= 15 is 0 Å². The number of H-pyrrole nitrogens is 1. The lowest BCUT2D eigenvalue weighted by atomic mass is 10.1. The second kappa shape index (κ2) is 4.70. The summed E-state index contributed by atoms with van der Waals surface area (Å²) in [6.45, 7) is 5.71. The molecule has 72 valence electrons.